The van der Waals surface area contributed by atoms with E-state index in [1.165, 1.54) is 16.9 Å². The van der Waals surface area contributed by atoms with Crippen molar-refractivity contribution in [2.75, 3.05) is 6.61 Å². The summed E-state index contributed by atoms with van der Waals surface area (Å²) in [6, 6.07) is 0.0834. The minimum atomic E-state index is -4.64. The van der Waals surface area contributed by atoms with Crippen LogP contribution in [0.3, 0.4) is 0 Å². The van der Waals surface area contributed by atoms with Gasteiger partial charge in [-0.3, -0.25) is 0 Å². The normalized spacial score (nSPS) is 26.0. The monoisotopic (exact) mass is 569 g/mol. The first kappa shape index (κ1) is 24.3. The standard InChI is InChI=1S/C17H15BrF3N5O5S2/c18-7-1-6(2-22-14(7)17(19,20)21)33-15-13(29)11(12(28)10(4-27)31-15)26-3-8(24-25-26)9-5-32-16(30)23-9/h1-3,5,10-13,15,27-29H,4H2,(H,23,30). The van der Waals surface area contributed by atoms with Crippen molar-refractivity contribution < 1.29 is 38.3 Å². The second kappa shape index (κ2) is 9.44. The number of hydrogen-bond acceptors (Lipinski definition) is 11. The highest BCUT2D eigenvalue weighted by Crippen LogP contribution is 2.40. The fourth-order valence-electron chi connectivity index (χ4n) is 3.23. The van der Waals surface area contributed by atoms with Gasteiger partial charge in [0.1, 0.15) is 41.2 Å². The first-order valence-electron chi connectivity index (χ1n) is 9.17. The highest BCUT2D eigenvalue weighted by atomic mass is 79.9. The first-order valence-corrected chi connectivity index (χ1v) is 11.7. The van der Waals surface area contributed by atoms with Gasteiger partial charge in [0.05, 0.1) is 12.8 Å². The van der Waals surface area contributed by atoms with Crippen LogP contribution < -0.4 is 0 Å². The van der Waals surface area contributed by atoms with E-state index in [4.69, 9.17) is 4.74 Å². The predicted octanol–water partition coefficient (Wildman–Crippen LogP) is 2.06. The third-order valence-corrected chi connectivity index (χ3v) is 7.12. The van der Waals surface area contributed by atoms with Crippen LogP contribution in [0.15, 0.2) is 33.2 Å². The third-order valence-electron chi connectivity index (χ3n) is 4.76. The molecule has 0 amide bonds. The number of ether oxygens (including phenoxy) is 1. The summed E-state index contributed by atoms with van der Waals surface area (Å²) < 4.78 is 45.4. The summed E-state index contributed by atoms with van der Waals surface area (Å²) in [6.45, 7) is -0.585. The Labute approximate surface area is 200 Å². The van der Waals surface area contributed by atoms with Crippen LogP contribution in [0.25, 0.3) is 11.4 Å². The van der Waals surface area contributed by atoms with E-state index in [0.717, 1.165) is 29.3 Å². The molecule has 0 aromatic carbocycles. The van der Waals surface area contributed by atoms with Crippen LogP contribution in [-0.4, -0.2) is 75.7 Å². The van der Waals surface area contributed by atoms with Crippen molar-refractivity contribution in [3.05, 3.63) is 34.0 Å². The van der Waals surface area contributed by atoms with Gasteiger partial charge in [-0.05, 0) is 22.0 Å². The molecule has 5 unspecified atom stereocenters. The van der Waals surface area contributed by atoms with Crippen molar-refractivity contribution in [1.82, 2.24) is 25.0 Å². The molecule has 4 N–H and O–H groups in total. The molecule has 16 heteroatoms. The van der Waals surface area contributed by atoms with Gasteiger partial charge in [0.25, 0.3) is 5.19 Å². The van der Waals surface area contributed by atoms with Crippen LogP contribution in [0, 0.1) is 0 Å². The molecule has 1 aliphatic heterocycles. The van der Waals surface area contributed by atoms with E-state index in [1.54, 1.807) is 5.38 Å². The van der Waals surface area contributed by atoms with Gasteiger partial charge in [0, 0.05) is 20.9 Å². The highest BCUT2D eigenvalue weighted by molar-refractivity contribution is 9.10. The molecule has 1 fully saturated rings. The third kappa shape index (κ3) is 5.01. The van der Waals surface area contributed by atoms with Crippen LogP contribution >= 0.6 is 39.0 Å². The minimum absolute atomic E-state index is 0.168. The molecule has 33 heavy (non-hydrogen) atoms. The van der Waals surface area contributed by atoms with E-state index in [9.17, 15) is 33.6 Å². The topological polar surface area (TPSA) is 147 Å². The SMILES string of the molecule is OCC1OC(Sc2cnc(C(F)(F)F)c(Br)c2)C(O)C(n2cc(-c3csc(O)n3)nn2)C1O. The molecule has 5 atom stereocenters. The van der Waals surface area contributed by atoms with Gasteiger partial charge in [-0.2, -0.15) is 13.2 Å². The largest absolute Gasteiger partial charge is 0.486 e. The molecule has 0 saturated carbocycles. The Bertz CT molecular complexity index is 1130. The second-order valence-corrected chi connectivity index (χ2v) is 9.78. The quantitative estimate of drug-likeness (QED) is 0.360. The summed E-state index contributed by atoms with van der Waals surface area (Å²) in [5.74, 6) is 0. The smallest absolute Gasteiger partial charge is 0.434 e. The number of hydrogen-bond donors (Lipinski definition) is 4. The lowest BCUT2D eigenvalue weighted by Gasteiger charge is -2.41. The maximum Gasteiger partial charge on any atom is 0.434 e. The summed E-state index contributed by atoms with van der Waals surface area (Å²) in [5.41, 5.74) is -1.57. The molecule has 4 heterocycles. The zero-order valence-electron chi connectivity index (χ0n) is 16.2. The number of thioether (sulfide) groups is 1. The van der Waals surface area contributed by atoms with E-state index in [2.05, 4.69) is 36.2 Å². The molecular formula is C17H15BrF3N5O5S2. The number of halogens is 4. The van der Waals surface area contributed by atoms with E-state index in [0.29, 0.717) is 5.69 Å². The molecule has 4 rings (SSSR count). The fraction of sp³-hybridized carbons (Fsp3) is 0.412. The minimum Gasteiger partial charge on any atom is -0.486 e. The number of rotatable bonds is 5. The van der Waals surface area contributed by atoms with Gasteiger partial charge in [-0.25, -0.2) is 14.6 Å². The van der Waals surface area contributed by atoms with Crippen molar-refractivity contribution in [1.29, 1.82) is 0 Å². The molecule has 10 nitrogen and oxygen atoms in total. The summed E-state index contributed by atoms with van der Waals surface area (Å²) in [7, 11) is 0. The van der Waals surface area contributed by atoms with Gasteiger partial charge < -0.3 is 25.2 Å². The lowest BCUT2D eigenvalue weighted by atomic mass is 9.97. The average Bonchev–Trinajstić information content (AvgIpc) is 3.38. The maximum absolute atomic E-state index is 13.0. The van der Waals surface area contributed by atoms with E-state index in [1.807, 2.05) is 0 Å². The van der Waals surface area contributed by atoms with E-state index < -0.39 is 48.3 Å². The van der Waals surface area contributed by atoms with Crippen molar-refractivity contribution in [3.63, 3.8) is 0 Å². The number of thiazole rings is 1. The fourth-order valence-corrected chi connectivity index (χ4v) is 5.56. The Morgan fingerprint density at radius 3 is 2.61 bits per heavy atom. The summed E-state index contributed by atoms with van der Waals surface area (Å²) in [5, 5.41) is 49.9. The number of pyridine rings is 1. The number of aromatic hydroxyl groups is 1. The first-order chi connectivity index (χ1) is 15.6. The van der Waals surface area contributed by atoms with Crippen LogP contribution in [0.5, 0.6) is 5.19 Å². The second-order valence-electron chi connectivity index (χ2n) is 6.91. The number of aliphatic hydroxyl groups excluding tert-OH is 3. The van der Waals surface area contributed by atoms with Crippen LogP contribution in [-0.2, 0) is 10.9 Å². The molecule has 178 valence electrons. The molecular weight excluding hydrogens is 555 g/mol. The zero-order chi connectivity index (χ0) is 23.9. The van der Waals surface area contributed by atoms with Gasteiger partial charge in [0.15, 0.2) is 5.69 Å². The van der Waals surface area contributed by atoms with Crippen molar-refractivity contribution in [2.24, 2.45) is 0 Å². The molecule has 0 aliphatic carbocycles. The van der Waals surface area contributed by atoms with Crippen molar-refractivity contribution in [3.8, 4) is 16.6 Å². The van der Waals surface area contributed by atoms with Crippen LogP contribution in [0.4, 0.5) is 13.2 Å². The molecule has 0 spiro atoms. The van der Waals surface area contributed by atoms with E-state index >= 15 is 0 Å². The lowest BCUT2D eigenvalue weighted by Crippen LogP contribution is -2.55. The zero-order valence-corrected chi connectivity index (χ0v) is 19.4. The maximum atomic E-state index is 13.0. The summed E-state index contributed by atoms with van der Waals surface area (Å²) in [6.07, 6.45) is -6.13. The van der Waals surface area contributed by atoms with Gasteiger partial charge in [-0.15, -0.1) is 5.10 Å². The molecule has 1 saturated heterocycles. The van der Waals surface area contributed by atoms with Gasteiger partial charge >= 0.3 is 6.18 Å². The van der Waals surface area contributed by atoms with E-state index in [-0.39, 0.29) is 20.3 Å². The number of aromatic nitrogens is 5. The molecule has 0 radical (unpaired) electrons. The Kier molecular flexibility index (Phi) is 6.95. The molecule has 3 aromatic heterocycles. The molecule has 1 aliphatic rings. The Morgan fingerprint density at radius 1 is 1.24 bits per heavy atom. The number of nitrogens with zero attached hydrogens (tertiary/aromatic N) is 5. The Morgan fingerprint density at radius 2 is 2.00 bits per heavy atom. The van der Waals surface area contributed by atoms with Crippen molar-refractivity contribution in [2.45, 2.75) is 40.9 Å². The van der Waals surface area contributed by atoms with Crippen LogP contribution in [0.1, 0.15) is 11.7 Å². The molecule has 0 bridgehead atoms. The Hall–Kier alpha value is -1.82. The highest BCUT2D eigenvalue weighted by Gasteiger charge is 2.46. The number of aliphatic hydroxyl groups is 3. The predicted molar refractivity (Wildman–Crippen MR) is 112 cm³/mol. The van der Waals surface area contributed by atoms with Crippen LogP contribution in [0.2, 0.25) is 0 Å². The molecule has 3 aromatic rings. The van der Waals surface area contributed by atoms with Gasteiger partial charge in [0.2, 0.25) is 0 Å². The average molecular weight is 570 g/mol. The van der Waals surface area contributed by atoms with Gasteiger partial charge in [-0.1, -0.05) is 28.3 Å². The summed E-state index contributed by atoms with van der Waals surface area (Å²) in [4.78, 5) is 7.57. The number of alkyl halides is 3. The summed E-state index contributed by atoms with van der Waals surface area (Å²) >= 11 is 4.71. The lowest BCUT2D eigenvalue weighted by molar-refractivity contribution is -0.178. The van der Waals surface area contributed by atoms with Crippen molar-refractivity contribution >= 4 is 39.0 Å². The Balaban J connectivity index is 1.59.